The molecule has 4 heteroatoms. The van der Waals surface area contributed by atoms with Crippen LogP contribution < -0.4 is 5.32 Å². The van der Waals surface area contributed by atoms with Gasteiger partial charge in [0.25, 0.3) is 0 Å². The van der Waals surface area contributed by atoms with Crippen molar-refractivity contribution in [3.05, 3.63) is 41.2 Å². The Hall–Kier alpha value is -1.48. The predicted octanol–water partition coefficient (Wildman–Crippen LogP) is 4.58. The third-order valence-electron chi connectivity index (χ3n) is 3.94. The normalized spacial score (nSPS) is 16.3. The minimum absolute atomic E-state index is 0.536. The summed E-state index contributed by atoms with van der Waals surface area (Å²) in [5.41, 5.74) is 2.18. The van der Waals surface area contributed by atoms with Gasteiger partial charge in [0.2, 0.25) is 5.95 Å². The summed E-state index contributed by atoms with van der Waals surface area (Å²) in [7, 11) is 0. The average Bonchev–Trinajstić information content (AvgIpc) is 2.91. The van der Waals surface area contributed by atoms with Gasteiger partial charge in [0, 0.05) is 18.4 Å². The van der Waals surface area contributed by atoms with Crippen LogP contribution in [-0.4, -0.2) is 15.6 Å². The monoisotopic (exact) mass is 289 g/mol. The first-order chi connectivity index (χ1) is 9.74. The molecule has 1 aliphatic rings. The Morgan fingerprint density at radius 2 is 2.05 bits per heavy atom. The van der Waals surface area contributed by atoms with E-state index in [1.807, 2.05) is 29.1 Å². The van der Waals surface area contributed by atoms with Crippen molar-refractivity contribution in [2.45, 2.75) is 45.1 Å². The third kappa shape index (κ3) is 2.83. The lowest BCUT2D eigenvalue weighted by Gasteiger charge is -2.23. The third-order valence-corrected chi connectivity index (χ3v) is 4.26. The van der Waals surface area contributed by atoms with Crippen LogP contribution in [0.1, 0.15) is 37.7 Å². The highest BCUT2D eigenvalue weighted by molar-refractivity contribution is 6.32. The first-order valence-corrected chi connectivity index (χ1v) is 7.68. The first kappa shape index (κ1) is 13.5. The maximum absolute atomic E-state index is 6.33. The smallest absolute Gasteiger partial charge is 0.207 e. The lowest BCUT2D eigenvalue weighted by Crippen LogP contribution is -2.24. The van der Waals surface area contributed by atoms with Crippen molar-refractivity contribution in [2.75, 3.05) is 5.32 Å². The summed E-state index contributed by atoms with van der Waals surface area (Å²) in [6.45, 7) is 2.07. The molecule has 0 radical (unpaired) electrons. The second-order valence-corrected chi connectivity index (χ2v) is 5.96. The molecule has 0 saturated heterocycles. The van der Waals surface area contributed by atoms with Crippen molar-refractivity contribution < 1.29 is 0 Å². The van der Waals surface area contributed by atoms with Crippen LogP contribution >= 0.6 is 11.6 Å². The number of rotatable bonds is 3. The quantitative estimate of drug-likeness (QED) is 0.896. The summed E-state index contributed by atoms with van der Waals surface area (Å²) >= 11 is 6.33. The predicted molar refractivity (Wildman–Crippen MR) is 83.8 cm³/mol. The number of halogens is 1. The Bertz CT molecular complexity index is 585. The number of benzene rings is 1. The molecule has 1 aromatic heterocycles. The van der Waals surface area contributed by atoms with E-state index in [4.69, 9.17) is 11.6 Å². The zero-order valence-electron chi connectivity index (χ0n) is 11.8. The number of hydrogen-bond donors (Lipinski definition) is 1. The number of aryl methyl sites for hydroxylation is 1. The van der Waals surface area contributed by atoms with E-state index in [1.165, 1.54) is 37.7 Å². The number of imidazole rings is 1. The molecule has 3 nitrogen and oxygen atoms in total. The standard InChI is InChI=1S/C16H20ClN3/c1-12-7-8-14(17)15(11-12)20-10-9-18-16(20)19-13-5-3-2-4-6-13/h7-11,13H,2-6H2,1H3,(H,18,19). The molecule has 0 atom stereocenters. The van der Waals surface area contributed by atoms with Gasteiger partial charge in [-0.15, -0.1) is 0 Å². The summed E-state index contributed by atoms with van der Waals surface area (Å²) in [6, 6.07) is 6.59. The molecule has 1 heterocycles. The molecule has 106 valence electrons. The van der Waals surface area contributed by atoms with Crippen LogP contribution in [0.2, 0.25) is 5.02 Å². The molecule has 1 saturated carbocycles. The van der Waals surface area contributed by atoms with E-state index in [0.29, 0.717) is 6.04 Å². The molecular weight excluding hydrogens is 270 g/mol. The lowest BCUT2D eigenvalue weighted by molar-refractivity contribution is 0.460. The van der Waals surface area contributed by atoms with Gasteiger partial charge in [-0.05, 0) is 37.5 Å². The van der Waals surface area contributed by atoms with Gasteiger partial charge in [-0.2, -0.15) is 0 Å². The van der Waals surface area contributed by atoms with Crippen molar-refractivity contribution in [3.8, 4) is 5.69 Å². The van der Waals surface area contributed by atoms with E-state index in [9.17, 15) is 0 Å². The highest BCUT2D eigenvalue weighted by Gasteiger charge is 2.16. The fraction of sp³-hybridized carbons (Fsp3) is 0.438. The van der Waals surface area contributed by atoms with E-state index < -0.39 is 0 Å². The molecule has 0 unspecified atom stereocenters. The van der Waals surface area contributed by atoms with Gasteiger partial charge < -0.3 is 5.32 Å². The molecule has 0 amide bonds. The molecule has 0 spiro atoms. The maximum atomic E-state index is 6.33. The molecule has 0 bridgehead atoms. The molecule has 2 aromatic rings. The second-order valence-electron chi connectivity index (χ2n) is 5.55. The van der Waals surface area contributed by atoms with Crippen molar-refractivity contribution in [1.82, 2.24) is 9.55 Å². The molecule has 1 aromatic carbocycles. The molecule has 3 rings (SSSR count). The summed E-state index contributed by atoms with van der Waals surface area (Å²) in [6.07, 6.45) is 10.2. The van der Waals surface area contributed by atoms with Gasteiger partial charge in [0.15, 0.2) is 0 Å². The topological polar surface area (TPSA) is 29.9 Å². The fourth-order valence-corrected chi connectivity index (χ4v) is 3.05. The van der Waals surface area contributed by atoms with Crippen LogP contribution in [0.3, 0.4) is 0 Å². The highest BCUT2D eigenvalue weighted by Crippen LogP contribution is 2.26. The van der Waals surface area contributed by atoms with Gasteiger partial charge >= 0.3 is 0 Å². The molecule has 0 aliphatic heterocycles. The maximum Gasteiger partial charge on any atom is 0.207 e. The summed E-state index contributed by atoms with van der Waals surface area (Å²) in [5.74, 6) is 0.893. The zero-order chi connectivity index (χ0) is 13.9. The largest absolute Gasteiger partial charge is 0.353 e. The van der Waals surface area contributed by atoms with Crippen LogP contribution in [0.5, 0.6) is 0 Å². The van der Waals surface area contributed by atoms with E-state index in [-0.39, 0.29) is 0 Å². The number of aromatic nitrogens is 2. The number of hydrogen-bond acceptors (Lipinski definition) is 2. The SMILES string of the molecule is Cc1ccc(Cl)c(-n2ccnc2NC2CCCCC2)c1. The Morgan fingerprint density at radius 1 is 1.25 bits per heavy atom. The number of nitrogens with zero attached hydrogens (tertiary/aromatic N) is 2. The van der Waals surface area contributed by atoms with Gasteiger partial charge in [-0.1, -0.05) is 36.9 Å². The minimum atomic E-state index is 0.536. The lowest BCUT2D eigenvalue weighted by atomic mass is 9.96. The van der Waals surface area contributed by atoms with Gasteiger partial charge in [-0.3, -0.25) is 4.57 Å². The van der Waals surface area contributed by atoms with Crippen molar-refractivity contribution in [3.63, 3.8) is 0 Å². The number of nitrogens with one attached hydrogen (secondary N) is 1. The van der Waals surface area contributed by atoms with Crippen molar-refractivity contribution in [2.24, 2.45) is 0 Å². The summed E-state index contributed by atoms with van der Waals surface area (Å²) in [5, 5.41) is 4.32. The summed E-state index contributed by atoms with van der Waals surface area (Å²) < 4.78 is 2.05. The van der Waals surface area contributed by atoms with Gasteiger partial charge in [0.05, 0.1) is 10.7 Å². The molecule has 1 aliphatic carbocycles. The number of anilines is 1. The highest BCUT2D eigenvalue weighted by atomic mass is 35.5. The van der Waals surface area contributed by atoms with Crippen LogP contribution in [0.15, 0.2) is 30.6 Å². The van der Waals surface area contributed by atoms with Crippen LogP contribution in [-0.2, 0) is 0 Å². The summed E-state index contributed by atoms with van der Waals surface area (Å²) in [4.78, 5) is 4.45. The molecule has 1 fully saturated rings. The second kappa shape index (κ2) is 5.88. The first-order valence-electron chi connectivity index (χ1n) is 7.30. The Kier molecular flexibility index (Phi) is 3.97. The minimum Gasteiger partial charge on any atom is -0.353 e. The van der Waals surface area contributed by atoms with Gasteiger partial charge in [-0.25, -0.2) is 4.98 Å². The van der Waals surface area contributed by atoms with E-state index in [1.54, 1.807) is 0 Å². The van der Waals surface area contributed by atoms with E-state index >= 15 is 0 Å². The Labute approximate surface area is 125 Å². The van der Waals surface area contributed by atoms with Crippen LogP contribution in [0, 0.1) is 6.92 Å². The van der Waals surface area contributed by atoms with Crippen molar-refractivity contribution in [1.29, 1.82) is 0 Å². The van der Waals surface area contributed by atoms with E-state index in [0.717, 1.165) is 16.7 Å². The van der Waals surface area contributed by atoms with Crippen LogP contribution in [0.25, 0.3) is 5.69 Å². The Balaban J connectivity index is 1.87. The van der Waals surface area contributed by atoms with E-state index in [2.05, 4.69) is 23.3 Å². The van der Waals surface area contributed by atoms with Crippen LogP contribution in [0.4, 0.5) is 5.95 Å². The average molecular weight is 290 g/mol. The fourth-order valence-electron chi connectivity index (χ4n) is 2.84. The zero-order valence-corrected chi connectivity index (χ0v) is 12.5. The molecular formula is C16H20ClN3. The molecule has 1 N–H and O–H groups in total. The Morgan fingerprint density at radius 3 is 2.85 bits per heavy atom. The van der Waals surface area contributed by atoms with Crippen molar-refractivity contribution >= 4 is 17.5 Å². The van der Waals surface area contributed by atoms with Gasteiger partial charge in [0.1, 0.15) is 0 Å². The molecule has 20 heavy (non-hydrogen) atoms.